The number of hydrogen-bond acceptors (Lipinski definition) is 0. The maximum Gasteiger partial charge on any atom is 0.146 e. The van der Waals surface area contributed by atoms with Crippen molar-refractivity contribution in [2.45, 2.75) is 68.8 Å². The van der Waals surface area contributed by atoms with Crippen molar-refractivity contribution in [2.24, 2.45) is 5.92 Å². The molecule has 0 amide bonds. The van der Waals surface area contributed by atoms with E-state index in [4.69, 9.17) is 11.6 Å². The Balaban J connectivity index is 1.65. The van der Waals surface area contributed by atoms with E-state index in [1.54, 1.807) is 0 Å². The van der Waals surface area contributed by atoms with Gasteiger partial charge in [0.05, 0.1) is 5.38 Å². The van der Waals surface area contributed by atoms with Crippen molar-refractivity contribution < 1.29 is 0 Å². The number of alkyl halides is 1. The lowest BCUT2D eigenvalue weighted by Crippen LogP contribution is -2.36. The van der Waals surface area contributed by atoms with E-state index in [2.05, 4.69) is 37.3 Å². The number of benzene rings is 1. The number of hydrogen-bond donors (Lipinski definition) is 0. The van der Waals surface area contributed by atoms with Crippen LogP contribution >= 0.6 is 11.6 Å². The molecule has 0 aromatic heterocycles. The number of halogens is 1. The lowest BCUT2D eigenvalue weighted by molar-refractivity contribution is 0.433. The van der Waals surface area contributed by atoms with Crippen LogP contribution in [0.1, 0.15) is 56.4 Å². The van der Waals surface area contributed by atoms with Crippen molar-refractivity contribution in [3.05, 3.63) is 35.9 Å². The molecule has 2 heterocycles. The van der Waals surface area contributed by atoms with Gasteiger partial charge >= 0.3 is 0 Å². The quantitative estimate of drug-likeness (QED) is 0.456. The SMILES string of the molecule is CC(CB1C2CCCC1CCC2)C(Cl)c1ccccc1. The molecule has 2 aliphatic rings. The highest BCUT2D eigenvalue weighted by Crippen LogP contribution is 2.49. The summed E-state index contributed by atoms with van der Waals surface area (Å²) in [6.07, 6.45) is 10.2. The molecule has 2 fully saturated rings. The van der Waals surface area contributed by atoms with Gasteiger partial charge in [-0.05, 0) is 11.5 Å². The summed E-state index contributed by atoms with van der Waals surface area (Å²) in [7, 11) is 0. The van der Waals surface area contributed by atoms with E-state index < -0.39 is 0 Å². The zero-order valence-corrected chi connectivity index (χ0v) is 13.4. The molecule has 2 saturated heterocycles. The fourth-order valence-electron chi connectivity index (χ4n) is 4.71. The van der Waals surface area contributed by atoms with Gasteiger partial charge in [-0.1, -0.05) is 93.7 Å². The standard InChI is InChI=1S/C18H26BCl/c1-14(18(20)15-7-3-2-4-8-15)13-19-16-9-5-10-17(19)12-6-11-16/h2-4,7-8,14,16-18H,5-6,9-13H2,1H3. The first kappa shape index (κ1) is 14.5. The first-order valence-corrected chi connectivity index (χ1v) is 8.88. The van der Waals surface area contributed by atoms with Gasteiger partial charge in [0.1, 0.15) is 6.71 Å². The van der Waals surface area contributed by atoms with Gasteiger partial charge in [0, 0.05) is 0 Å². The van der Waals surface area contributed by atoms with Crippen molar-refractivity contribution in [3.8, 4) is 0 Å². The largest absolute Gasteiger partial charge is 0.146 e. The topological polar surface area (TPSA) is 0 Å². The molecule has 0 saturated carbocycles. The second-order valence-electron chi connectivity index (χ2n) is 7.07. The monoisotopic (exact) mass is 288 g/mol. The summed E-state index contributed by atoms with van der Waals surface area (Å²) in [6.45, 7) is 3.31. The van der Waals surface area contributed by atoms with Gasteiger partial charge in [0.25, 0.3) is 0 Å². The van der Waals surface area contributed by atoms with Crippen LogP contribution in [-0.2, 0) is 0 Å². The molecule has 2 bridgehead atoms. The number of rotatable bonds is 4. The minimum Gasteiger partial charge on any atom is -0.118 e. The van der Waals surface area contributed by atoms with E-state index in [0.29, 0.717) is 5.92 Å². The van der Waals surface area contributed by atoms with Crippen LogP contribution in [0.4, 0.5) is 0 Å². The zero-order chi connectivity index (χ0) is 13.9. The van der Waals surface area contributed by atoms with Crippen molar-refractivity contribution in [1.82, 2.24) is 0 Å². The Morgan fingerprint density at radius 1 is 1.05 bits per heavy atom. The van der Waals surface area contributed by atoms with Crippen LogP contribution in [0.15, 0.2) is 30.3 Å². The number of fused-ring (bicyclic) bond motifs is 2. The van der Waals surface area contributed by atoms with E-state index >= 15 is 0 Å². The lowest BCUT2D eigenvalue weighted by atomic mass is 9.25. The summed E-state index contributed by atoms with van der Waals surface area (Å²) in [6, 6.07) is 10.6. The summed E-state index contributed by atoms with van der Waals surface area (Å²) in [5.41, 5.74) is 1.29. The van der Waals surface area contributed by atoms with Crippen molar-refractivity contribution in [2.75, 3.05) is 0 Å². The summed E-state index contributed by atoms with van der Waals surface area (Å²) >= 11 is 6.73. The molecule has 2 atom stereocenters. The third-order valence-corrected chi connectivity index (χ3v) is 6.45. The van der Waals surface area contributed by atoms with E-state index in [1.165, 1.54) is 50.4 Å². The predicted octanol–water partition coefficient (Wildman–Crippen LogP) is 6.21. The molecule has 3 rings (SSSR count). The maximum atomic E-state index is 6.73. The van der Waals surface area contributed by atoms with Crippen LogP contribution in [0.2, 0.25) is 18.0 Å². The summed E-state index contributed by atoms with van der Waals surface area (Å²) < 4.78 is 0. The van der Waals surface area contributed by atoms with E-state index in [-0.39, 0.29) is 5.38 Å². The van der Waals surface area contributed by atoms with E-state index in [0.717, 1.165) is 18.3 Å². The molecule has 0 aliphatic carbocycles. The highest BCUT2D eigenvalue weighted by Gasteiger charge is 2.40. The van der Waals surface area contributed by atoms with Crippen LogP contribution < -0.4 is 0 Å². The molecule has 20 heavy (non-hydrogen) atoms. The van der Waals surface area contributed by atoms with Crippen molar-refractivity contribution in [1.29, 1.82) is 0 Å². The Kier molecular flexibility index (Phi) is 4.76. The second-order valence-corrected chi connectivity index (χ2v) is 7.54. The molecule has 0 N–H and O–H groups in total. The van der Waals surface area contributed by atoms with Gasteiger partial charge in [-0.3, -0.25) is 0 Å². The molecule has 2 aliphatic heterocycles. The minimum absolute atomic E-state index is 0.179. The molecule has 1 aromatic rings. The van der Waals surface area contributed by atoms with Gasteiger partial charge < -0.3 is 0 Å². The predicted molar refractivity (Wildman–Crippen MR) is 90.0 cm³/mol. The highest BCUT2D eigenvalue weighted by atomic mass is 35.5. The Morgan fingerprint density at radius 3 is 2.15 bits per heavy atom. The first-order chi connectivity index (χ1) is 9.75. The van der Waals surface area contributed by atoms with Crippen molar-refractivity contribution >= 4 is 18.3 Å². The van der Waals surface area contributed by atoms with Gasteiger partial charge in [0.15, 0.2) is 0 Å². The molecule has 108 valence electrons. The Labute approximate surface area is 129 Å². The van der Waals surface area contributed by atoms with Crippen LogP contribution in [0.3, 0.4) is 0 Å². The average molecular weight is 289 g/mol. The van der Waals surface area contributed by atoms with Gasteiger partial charge in [-0.15, -0.1) is 11.6 Å². The minimum atomic E-state index is 0.179. The molecule has 2 heteroatoms. The molecule has 2 unspecified atom stereocenters. The normalized spacial score (nSPS) is 29.0. The summed E-state index contributed by atoms with van der Waals surface area (Å²) in [5.74, 6) is 2.60. The summed E-state index contributed by atoms with van der Waals surface area (Å²) in [4.78, 5) is 0. The third kappa shape index (κ3) is 3.08. The van der Waals surface area contributed by atoms with Gasteiger partial charge in [-0.25, -0.2) is 0 Å². The molecular weight excluding hydrogens is 262 g/mol. The highest BCUT2D eigenvalue weighted by molar-refractivity contribution is 6.62. The van der Waals surface area contributed by atoms with Crippen LogP contribution in [0.5, 0.6) is 0 Å². The van der Waals surface area contributed by atoms with E-state index in [1.807, 2.05) is 0 Å². The van der Waals surface area contributed by atoms with Gasteiger partial charge in [0.2, 0.25) is 0 Å². The van der Waals surface area contributed by atoms with Crippen LogP contribution in [-0.4, -0.2) is 6.71 Å². The molecule has 0 nitrogen and oxygen atoms in total. The first-order valence-electron chi connectivity index (χ1n) is 8.44. The van der Waals surface area contributed by atoms with Crippen molar-refractivity contribution in [3.63, 3.8) is 0 Å². The smallest absolute Gasteiger partial charge is 0.118 e. The fourth-order valence-corrected chi connectivity index (χ4v) is 4.96. The van der Waals surface area contributed by atoms with E-state index in [9.17, 15) is 0 Å². The maximum absolute atomic E-state index is 6.73. The van der Waals surface area contributed by atoms with Crippen LogP contribution in [0, 0.1) is 5.92 Å². The third-order valence-electron chi connectivity index (χ3n) is 5.77. The lowest BCUT2D eigenvalue weighted by Gasteiger charge is -2.42. The zero-order valence-electron chi connectivity index (χ0n) is 12.6. The average Bonchev–Trinajstić information content (AvgIpc) is 2.47. The molecule has 0 radical (unpaired) electrons. The second kappa shape index (κ2) is 6.56. The molecular formula is C18H26BCl. The fraction of sp³-hybridized carbons (Fsp3) is 0.667. The Bertz CT molecular complexity index is 397. The Morgan fingerprint density at radius 2 is 1.60 bits per heavy atom. The van der Waals surface area contributed by atoms with Gasteiger partial charge in [-0.2, -0.15) is 0 Å². The summed E-state index contributed by atoms with van der Waals surface area (Å²) in [5, 5.41) is 0.179. The molecule has 0 spiro atoms. The molecule has 1 aromatic carbocycles. The Hall–Kier alpha value is -0.425. The van der Waals surface area contributed by atoms with Crippen LogP contribution in [0.25, 0.3) is 0 Å².